The number of carbonyl (C=O) groups is 1. The summed E-state index contributed by atoms with van der Waals surface area (Å²) in [6.07, 6.45) is 3.12. The van der Waals surface area contributed by atoms with E-state index in [2.05, 4.69) is 26.7 Å². The van der Waals surface area contributed by atoms with E-state index >= 15 is 0 Å². The number of pyridine rings is 1. The summed E-state index contributed by atoms with van der Waals surface area (Å²) in [4.78, 5) is 19.7. The van der Waals surface area contributed by atoms with Crippen molar-refractivity contribution in [1.29, 1.82) is 0 Å². The van der Waals surface area contributed by atoms with E-state index in [1.165, 1.54) is 5.56 Å². The summed E-state index contributed by atoms with van der Waals surface area (Å²) in [5.74, 6) is 0.114. The van der Waals surface area contributed by atoms with Crippen LogP contribution in [0.25, 0.3) is 11.2 Å². The van der Waals surface area contributed by atoms with Crippen molar-refractivity contribution in [2.75, 3.05) is 0 Å². The van der Waals surface area contributed by atoms with Crippen LogP contribution in [0, 0.1) is 0 Å². The fourth-order valence-corrected chi connectivity index (χ4v) is 2.53. The first kappa shape index (κ1) is 14.3. The first-order chi connectivity index (χ1) is 10.7. The maximum Gasteiger partial charge on any atom is 0.303 e. The monoisotopic (exact) mass is 295 g/mol. The SMILES string of the molecule is O=C(O)CCCc1nc2cccnc2n1Cc1ccccc1. The van der Waals surface area contributed by atoms with Gasteiger partial charge in [-0.2, -0.15) is 0 Å². The summed E-state index contributed by atoms with van der Waals surface area (Å²) in [5, 5.41) is 8.80. The van der Waals surface area contributed by atoms with Crippen molar-refractivity contribution in [3.8, 4) is 0 Å². The van der Waals surface area contributed by atoms with Crippen molar-refractivity contribution >= 4 is 17.1 Å². The lowest BCUT2D eigenvalue weighted by atomic mass is 10.2. The molecular formula is C17H17N3O2. The van der Waals surface area contributed by atoms with Crippen molar-refractivity contribution in [3.05, 3.63) is 60.0 Å². The highest BCUT2D eigenvalue weighted by molar-refractivity contribution is 5.71. The quantitative estimate of drug-likeness (QED) is 0.759. The first-order valence-electron chi connectivity index (χ1n) is 7.30. The highest BCUT2D eigenvalue weighted by atomic mass is 16.4. The maximum absolute atomic E-state index is 10.7. The Hall–Kier alpha value is -2.69. The largest absolute Gasteiger partial charge is 0.481 e. The van der Waals surface area contributed by atoms with Crippen LogP contribution in [0.3, 0.4) is 0 Å². The normalized spacial score (nSPS) is 10.9. The number of imidazole rings is 1. The zero-order valence-corrected chi connectivity index (χ0v) is 12.1. The molecule has 0 aliphatic rings. The number of benzene rings is 1. The van der Waals surface area contributed by atoms with Crippen LogP contribution in [0.2, 0.25) is 0 Å². The predicted octanol–water partition coefficient (Wildman–Crippen LogP) is 2.89. The number of carboxylic acid groups (broad SMARTS) is 1. The van der Waals surface area contributed by atoms with Gasteiger partial charge in [0.1, 0.15) is 11.3 Å². The predicted molar refractivity (Wildman–Crippen MR) is 83.6 cm³/mol. The summed E-state index contributed by atoms with van der Waals surface area (Å²) in [6.45, 7) is 0.691. The lowest BCUT2D eigenvalue weighted by molar-refractivity contribution is -0.137. The van der Waals surface area contributed by atoms with Crippen molar-refractivity contribution in [1.82, 2.24) is 14.5 Å². The molecule has 112 valence electrons. The third-order valence-corrected chi connectivity index (χ3v) is 3.56. The van der Waals surface area contributed by atoms with Crippen LogP contribution in [0.4, 0.5) is 0 Å². The molecule has 0 saturated carbocycles. The zero-order valence-electron chi connectivity index (χ0n) is 12.1. The van der Waals surface area contributed by atoms with Gasteiger partial charge in [0.2, 0.25) is 0 Å². The lowest BCUT2D eigenvalue weighted by Crippen LogP contribution is -2.07. The van der Waals surface area contributed by atoms with Crippen LogP contribution in [0.1, 0.15) is 24.2 Å². The number of carboxylic acids is 1. The molecule has 3 aromatic rings. The average molecular weight is 295 g/mol. The molecule has 0 aliphatic heterocycles. The van der Waals surface area contributed by atoms with E-state index < -0.39 is 5.97 Å². The second-order valence-corrected chi connectivity index (χ2v) is 5.19. The van der Waals surface area contributed by atoms with E-state index in [0.29, 0.717) is 19.4 Å². The topological polar surface area (TPSA) is 68.0 Å². The number of nitrogens with zero attached hydrogens (tertiary/aromatic N) is 3. The first-order valence-corrected chi connectivity index (χ1v) is 7.30. The summed E-state index contributed by atoms with van der Waals surface area (Å²) in [5.41, 5.74) is 2.87. The maximum atomic E-state index is 10.7. The molecule has 0 saturated heterocycles. The molecule has 5 heteroatoms. The number of rotatable bonds is 6. The molecule has 0 radical (unpaired) electrons. The summed E-state index contributed by atoms with van der Waals surface area (Å²) < 4.78 is 2.08. The Morgan fingerprint density at radius 3 is 2.73 bits per heavy atom. The van der Waals surface area contributed by atoms with E-state index in [0.717, 1.165) is 17.0 Å². The second kappa shape index (κ2) is 6.39. The number of aliphatic carboxylic acids is 1. The van der Waals surface area contributed by atoms with Crippen molar-refractivity contribution < 1.29 is 9.90 Å². The van der Waals surface area contributed by atoms with Crippen LogP contribution in [-0.4, -0.2) is 25.6 Å². The molecule has 0 fully saturated rings. The third-order valence-electron chi connectivity index (χ3n) is 3.56. The van der Waals surface area contributed by atoms with Gasteiger partial charge in [0.25, 0.3) is 0 Å². The van der Waals surface area contributed by atoms with E-state index in [9.17, 15) is 4.79 Å². The van der Waals surface area contributed by atoms with Gasteiger partial charge in [0.15, 0.2) is 5.65 Å². The van der Waals surface area contributed by atoms with E-state index in [-0.39, 0.29) is 6.42 Å². The van der Waals surface area contributed by atoms with Crippen LogP contribution < -0.4 is 0 Å². The molecule has 0 bridgehead atoms. The molecule has 5 nitrogen and oxygen atoms in total. The van der Waals surface area contributed by atoms with Gasteiger partial charge in [-0.3, -0.25) is 4.79 Å². The van der Waals surface area contributed by atoms with Gasteiger partial charge in [-0.1, -0.05) is 30.3 Å². The van der Waals surface area contributed by atoms with Gasteiger partial charge in [0.05, 0.1) is 6.54 Å². The molecule has 0 amide bonds. The Kier molecular flexibility index (Phi) is 4.14. The molecule has 1 N–H and O–H groups in total. The number of hydrogen-bond donors (Lipinski definition) is 1. The Morgan fingerprint density at radius 1 is 1.14 bits per heavy atom. The van der Waals surface area contributed by atoms with E-state index in [4.69, 9.17) is 5.11 Å². The Bertz CT molecular complexity index is 781. The summed E-state index contributed by atoms with van der Waals surface area (Å²) >= 11 is 0. The fraction of sp³-hybridized carbons (Fsp3) is 0.235. The van der Waals surface area contributed by atoms with Gasteiger partial charge in [-0.05, 0) is 24.1 Å². The Balaban J connectivity index is 1.92. The molecule has 2 heterocycles. The Morgan fingerprint density at radius 2 is 1.95 bits per heavy atom. The van der Waals surface area contributed by atoms with Gasteiger partial charge in [-0.25, -0.2) is 9.97 Å². The summed E-state index contributed by atoms with van der Waals surface area (Å²) in [6, 6.07) is 13.9. The van der Waals surface area contributed by atoms with Crippen molar-refractivity contribution in [2.45, 2.75) is 25.8 Å². The molecule has 0 aliphatic carbocycles. The second-order valence-electron chi connectivity index (χ2n) is 5.19. The van der Waals surface area contributed by atoms with Gasteiger partial charge >= 0.3 is 5.97 Å². The van der Waals surface area contributed by atoms with Gasteiger partial charge in [-0.15, -0.1) is 0 Å². The molecular weight excluding hydrogens is 278 g/mol. The molecule has 22 heavy (non-hydrogen) atoms. The highest BCUT2D eigenvalue weighted by Crippen LogP contribution is 2.17. The molecule has 0 unspecified atom stereocenters. The van der Waals surface area contributed by atoms with Crippen LogP contribution >= 0.6 is 0 Å². The Labute approximate surface area is 128 Å². The van der Waals surface area contributed by atoms with Crippen LogP contribution in [0.15, 0.2) is 48.7 Å². The number of fused-ring (bicyclic) bond motifs is 1. The van der Waals surface area contributed by atoms with E-state index in [1.807, 2.05) is 30.3 Å². The molecule has 0 spiro atoms. The minimum absolute atomic E-state index is 0.155. The molecule has 0 atom stereocenters. The lowest BCUT2D eigenvalue weighted by Gasteiger charge is -2.08. The highest BCUT2D eigenvalue weighted by Gasteiger charge is 2.12. The number of aromatic nitrogens is 3. The smallest absolute Gasteiger partial charge is 0.303 e. The number of hydrogen-bond acceptors (Lipinski definition) is 3. The van der Waals surface area contributed by atoms with Crippen LogP contribution in [0.5, 0.6) is 0 Å². The van der Waals surface area contributed by atoms with Crippen molar-refractivity contribution in [3.63, 3.8) is 0 Å². The van der Waals surface area contributed by atoms with Crippen molar-refractivity contribution in [2.24, 2.45) is 0 Å². The minimum atomic E-state index is -0.774. The minimum Gasteiger partial charge on any atom is -0.481 e. The van der Waals surface area contributed by atoms with Gasteiger partial charge in [0, 0.05) is 19.0 Å². The van der Waals surface area contributed by atoms with Gasteiger partial charge < -0.3 is 9.67 Å². The molecule has 3 rings (SSSR count). The fourth-order valence-electron chi connectivity index (χ4n) is 2.53. The zero-order chi connectivity index (χ0) is 15.4. The third kappa shape index (κ3) is 3.14. The molecule has 1 aromatic carbocycles. The average Bonchev–Trinajstić information content (AvgIpc) is 2.86. The van der Waals surface area contributed by atoms with Crippen LogP contribution in [-0.2, 0) is 17.8 Å². The standard InChI is InChI=1S/C17H17N3O2/c21-16(22)10-4-9-15-19-14-8-5-11-18-17(14)20(15)12-13-6-2-1-3-7-13/h1-3,5-8,11H,4,9-10,12H2,(H,21,22). The number of aryl methyl sites for hydroxylation is 1. The summed E-state index contributed by atoms with van der Waals surface area (Å²) in [7, 11) is 0. The van der Waals surface area contributed by atoms with E-state index in [1.54, 1.807) is 6.20 Å². The molecule has 2 aromatic heterocycles.